The summed E-state index contributed by atoms with van der Waals surface area (Å²) in [4.78, 5) is 25.1. The van der Waals surface area contributed by atoms with Gasteiger partial charge < -0.3 is 5.32 Å². The molecule has 0 spiro atoms. The van der Waals surface area contributed by atoms with Crippen molar-refractivity contribution in [1.82, 2.24) is 16.2 Å². The quantitative estimate of drug-likeness (QED) is 0.303. The fourth-order valence-corrected chi connectivity index (χ4v) is 2.58. The van der Waals surface area contributed by atoms with E-state index in [9.17, 15) is 9.59 Å². The molecule has 136 valence electrons. The van der Waals surface area contributed by atoms with Gasteiger partial charge in [0.05, 0.1) is 5.56 Å². The van der Waals surface area contributed by atoms with E-state index in [0.29, 0.717) is 21.8 Å². The first-order valence-electron chi connectivity index (χ1n) is 8.66. The van der Waals surface area contributed by atoms with Crippen LogP contribution in [0.1, 0.15) is 52.5 Å². The Hall–Kier alpha value is -2.73. The number of thiocarbonyl (C=S) groups is 1. The van der Waals surface area contributed by atoms with Crippen LogP contribution in [-0.4, -0.2) is 23.3 Å². The number of carbonyl (C=O) groups excluding carboxylic acids is 2. The summed E-state index contributed by atoms with van der Waals surface area (Å²) in [5.74, 6) is -0.612. The third kappa shape index (κ3) is 5.67. The van der Waals surface area contributed by atoms with Crippen molar-refractivity contribution in [3.05, 3.63) is 71.3 Å². The number of hydrogen-bond acceptors (Lipinski definition) is 3. The largest absolute Gasteiger partial charge is 0.361 e. The van der Waals surface area contributed by atoms with E-state index < -0.39 is 5.91 Å². The van der Waals surface area contributed by atoms with Gasteiger partial charge in [0, 0.05) is 17.7 Å². The Morgan fingerprint density at radius 1 is 0.885 bits per heavy atom. The third-order valence-electron chi connectivity index (χ3n) is 3.81. The van der Waals surface area contributed by atoms with E-state index in [1.54, 1.807) is 48.5 Å². The lowest BCUT2D eigenvalue weighted by atomic mass is 9.98. The minimum absolute atomic E-state index is 0.198. The van der Waals surface area contributed by atoms with Crippen molar-refractivity contribution in [2.45, 2.75) is 26.2 Å². The molecule has 0 bridgehead atoms. The molecule has 0 heterocycles. The van der Waals surface area contributed by atoms with Gasteiger partial charge in [0.2, 0.25) is 0 Å². The Morgan fingerprint density at radius 3 is 2.23 bits per heavy atom. The normalized spacial score (nSPS) is 10.0. The van der Waals surface area contributed by atoms with Gasteiger partial charge in [-0.1, -0.05) is 68.3 Å². The molecule has 2 aromatic carbocycles. The van der Waals surface area contributed by atoms with E-state index >= 15 is 0 Å². The molecule has 0 atom stereocenters. The van der Waals surface area contributed by atoms with Crippen LogP contribution in [0.2, 0.25) is 0 Å². The summed E-state index contributed by atoms with van der Waals surface area (Å²) >= 11 is 5.13. The molecule has 0 unspecified atom stereocenters. The van der Waals surface area contributed by atoms with E-state index in [1.807, 2.05) is 6.07 Å². The number of hydrogen-bond donors (Lipinski definition) is 3. The highest BCUT2D eigenvalue weighted by Gasteiger charge is 2.17. The molecule has 0 aliphatic heterocycles. The van der Waals surface area contributed by atoms with Crippen LogP contribution < -0.4 is 16.2 Å². The Balaban J connectivity index is 1.99. The molecule has 0 aromatic heterocycles. The number of carbonyl (C=O) groups is 2. The van der Waals surface area contributed by atoms with Gasteiger partial charge >= 0.3 is 0 Å². The molecule has 0 aliphatic carbocycles. The molecule has 2 aromatic rings. The average molecular weight is 369 g/mol. The summed E-state index contributed by atoms with van der Waals surface area (Å²) in [7, 11) is 0. The first-order chi connectivity index (χ1) is 12.6. The van der Waals surface area contributed by atoms with Crippen molar-refractivity contribution in [3.8, 4) is 0 Å². The summed E-state index contributed by atoms with van der Waals surface area (Å²) in [5, 5.41) is 3.37. The summed E-state index contributed by atoms with van der Waals surface area (Å²) in [6.07, 6.45) is 3.27. The maximum absolute atomic E-state index is 12.7. The topological polar surface area (TPSA) is 70.2 Å². The lowest BCUT2D eigenvalue weighted by molar-refractivity contribution is 0.0933. The maximum Gasteiger partial charge on any atom is 0.270 e. The minimum atomic E-state index is -0.414. The zero-order chi connectivity index (χ0) is 18.8. The number of rotatable bonds is 7. The van der Waals surface area contributed by atoms with Crippen LogP contribution in [0.5, 0.6) is 0 Å². The highest BCUT2D eigenvalue weighted by molar-refractivity contribution is 7.80. The van der Waals surface area contributed by atoms with Crippen LogP contribution in [0.3, 0.4) is 0 Å². The van der Waals surface area contributed by atoms with Crippen molar-refractivity contribution in [2.75, 3.05) is 6.54 Å². The van der Waals surface area contributed by atoms with Gasteiger partial charge in [0.25, 0.3) is 5.91 Å². The van der Waals surface area contributed by atoms with Crippen LogP contribution in [-0.2, 0) is 0 Å². The molecule has 6 heteroatoms. The van der Waals surface area contributed by atoms with Crippen LogP contribution in [0.15, 0.2) is 54.6 Å². The minimum Gasteiger partial charge on any atom is -0.361 e. The van der Waals surface area contributed by atoms with Crippen LogP contribution in [0.25, 0.3) is 0 Å². The number of nitrogens with one attached hydrogen (secondary N) is 3. The van der Waals surface area contributed by atoms with Gasteiger partial charge in [0.1, 0.15) is 0 Å². The zero-order valence-corrected chi connectivity index (χ0v) is 15.6. The molecule has 26 heavy (non-hydrogen) atoms. The van der Waals surface area contributed by atoms with Gasteiger partial charge in [-0.15, -0.1) is 0 Å². The first-order valence-corrected chi connectivity index (χ1v) is 9.07. The summed E-state index contributed by atoms with van der Waals surface area (Å²) < 4.78 is 0. The van der Waals surface area contributed by atoms with Gasteiger partial charge in [0.15, 0.2) is 10.9 Å². The van der Waals surface area contributed by atoms with Gasteiger partial charge in [-0.05, 0) is 24.7 Å². The Kier molecular flexibility index (Phi) is 7.76. The highest BCUT2D eigenvalue weighted by atomic mass is 32.1. The Morgan fingerprint density at radius 2 is 1.54 bits per heavy atom. The lowest BCUT2D eigenvalue weighted by Gasteiger charge is -2.13. The second-order valence-corrected chi connectivity index (χ2v) is 6.19. The number of amides is 1. The molecule has 0 saturated heterocycles. The Labute approximate surface area is 159 Å². The molecule has 0 fully saturated rings. The fourth-order valence-electron chi connectivity index (χ4n) is 2.43. The van der Waals surface area contributed by atoms with Gasteiger partial charge in [-0.3, -0.25) is 20.4 Å². The smallest absolute Gasteiger partial charge is 0.270 e. The van der Waals surface area contributed by atoms with Crippen molar-refractivity contribution >= 4 is 29.0 Å². The maximum atomic E-state index is 12.7. The second kappa shape index (κ2) is 10.3. The standard InChI is InChI=1S/C20H23N3O2S/c1-2-3-9-14-21-20(26)23-22-19(25)17-13-8-7-12-16(17)18(24)15-10-5-4-6-11-15/h4-8,10-13H,2-3,9,14H2,1H3,(H,22,25)(H2,21,23,26). The van der Waals surface area contributed by atoms with E-state index in [1.165, 1.54) is 0 Å². The third-order valence-corrected chi connectivity index (χ3v) is 4.05. The van der Waals surface area contributed by atoms with E-state index in [4.69, 9.17) is 12.2 Å². The average Bonchev–Trinajstić information content (AvgIpc) is 2.69. The zero-order valence-electron chi connectivity index (χ0n) is 14.7. The number of unbranched alkanes of at least 4 members (excludes halogenated alkanes) is 2. The SMILES string of the molecule is CCCCCNC(=S)NNC(=O)c1ccccc1C(=O)c1ccccc1. The van der Waals surface area contributed by atoms with Crippen molar-refractivity contribution in [2.24, 2.45) is 0 Å². The number of hydrazine groups is 1. The van der Waals surface area contributed by atoms with Crippen molar-refractivity contribution in [3.63, 3.8) is 0 Å². The molecule has 1 amide bonds. The molecule has 0 aliphatic rings. The number of benzene rings is 2. The van der Waals surface area contributed by atoms with Crippen molar-refractivity contribution < 1.29 is 9.59 Å². The summed E-state index contributed by atoms with van der Waals surface area (Å²) in [6.45, 7) is 2.88. The van der Waals surface area contributed by atoms with Crippen LogP contribution >= 0.6 is 12.2 Å². The van der Waals surface area contributed by atoms with Crippen molar-refractivity contribution in [1.29, 1.82) is 0 Å². The lowest BCUT2D eigenvalue weighted by Crippen LogP contribution is -2.47. The Bertz CT molecular complexity index is 763. The van der Waals surface area contributed by atoms with Crippen LogP contribution in [0.4, 0.5) is 0 Å². The van der Waals surface area contributed by atoms with E-state index in [0.717, 1.165) is 25.8 Å². The van der Waals surface area contributed by atoms with Crippen LogP contribution in [0, 0.1) is 0 Å². The van der Waals surface area contributed by atoms with Gasteiger partial charge in [-0.25, -0.2) is 0 Å². The molecule has 2 rings (SSSR count). The highest BCUT2D eigenvalue weighted by Crippen LogP contribution is 2.14. The fraction of sp³-hybridized carbons (Fsp3) is 0.250. The summed E-state index contributed by atoms with van der Waals surface area (Å²) in [6, 6.07) is 15.6. The first kappa shape index (κ1) is 19.6. The predicted molar refractivity (Wildman–Crippen MR) is 107 cm³/mol. The molecule has 0 radical (unpaired) electrons. The summed E-state index contributed by atoms with van der Waals surface area (Å²) in [5.41, 5.74) is 6.39. The molecular weight excluding hydrogens is 346 g/mol. The molecule has 5 nitrogen and oxygen atoms in total. The predicted octanol–water partition coefficient (Wildman–Crippen LogP) is 3.22. The molecule has 0 saturated carbocycles. The second-order valence-electron chi connectivity index (χ2n) is 5.78. The molecular formula is C20H23N3O2S. The monoisotopic (exact) mass is 369 g/mol. The van der Waals surface area contributed by atoms with E-state index in [-0.39, 0.29) is 5.78 Å². The molecule has 3 N–H and O–H groups in total. The number of ketones is 1. The van der Waals surface area contributed by atoms with E-state index in [2.05, 4.69) is 23.1 Å². The van der Waals surface area contributed by atoms with Gasteiger partial charge in [-0.2, -0.15) is 0 Å².